The van der Waals surface area contributed by atoms with E-state index in [1.807, 2.05) is 0 Å². The van der Waals surface area contributed by atoms with E-state index in [4.69, 9.17) is 14.2 Å². The Morgan fingerprint density at radius 3 is 2.16 bits per heavy atom. The molecule has 6 heteroatoms. The number of hydrogen-bond donors (Lipinski definition) is 2. The Labute approximate surface area is 118 Å². The standard InChI is InChI=1S/C13H19NO4S/c1-13(2,3)18-12(15)14-8-6-9(16-4)10(17-5)7-11(8)19/h6-7,19H,1-5H3,(H,14,15). The average molecular weight is 285 g/mol. The van der Waals surface area contributed by atoms with Crippen molar-refractivity contribution in [3.8, 4) is 11.5 Å². The summed E-state index contributed by atoms with van der Waals surface area (Å²) >= 11 is 4.29. The maximum absolute atomic E-state index is 11.7. The monoisotopic (exact) mass is 285 g/mol. The van der Waals surface area contributed by atoms with E-state index in [0.717, 1.165) is 0 Å². The first-order valence-electron chi connectivity index (χ1n) is 5.72. The van der Waals surface area contributed by atoms with Gasteiger partial charge in [-0.25, -0.2) is 4.79 Å². The Kier molecular flexibility index (Phi) is 4.94. The normalized spacial score (nSPS) is 10.8. The Hall–Kier alpha value is -1.56. The first kappa shape index (κ1) is 15.5. The summed E-state index contributed by atoms with van der Waals surface area (Å²) in [5.41, 5.74) is -0.0625. The molecule has 0 heterocycles. The third kappa shape index (κ3) is 4.55. The van der Waals surface area contributed by atoms with Gasteiger partial charge in [0.15, 0.2) is 11.5 Å². The minimum Gasteiger partial charge on any atom is -0.493 e. The second-order valence-corrected chi connectivity index (χ2v) is 5.33. The van der Waals surface area contributed by atoms with Crippen LogP contribution in [0.4, 0.5) is 10.5 Å². The highest BCUT2D eigenvalue weighted by Gasteiger charge is 2.18. The molecule has 1 rings (SSSR count). The molecule has 1 N–H and O–H groups in total. The third-order valence-electron chi connectivity index (χ3n) is 2.14. The van der Waals surface area contributed by atoms with Crippen LogP contribution in [0.25, 0.3) is 0 Å². The number of thiol groups is 1. The van der Waals surface area contributed by atoms with Gasteiger partial charge in [0.25, 0.3) is 0 Å². The molecule has 1 aromatic carbocycles. The molecule has 0 radical (unpaired) electrons. The topological polar surface area (TPSA) is 56.8 Å². The van der Waals surface area contributed by atoms with Crippen LogP contribution >= 0.6 is 12.6 Å². The molecule has 1 aromatic rings. The largest absolute Gasteiger partial charge is 0.493 e. The van der Waals surface area contributed by atoms with Crippen LogP contribution in [0.15, 0.2) is 17.0 Å². The van der Waals surface area contributed by atoms with Gasteiger partial charge in [-0.1, -0.05) is 0 Å². The molecule has 0 aliphatic carbocycles. The number of rotatable bonds is 3. The summed E-state index contributed by atoms with van der Waals surface area (Å²) in [5, 5.41) is 2.62. The lowest BCUT2D eigenvalue weighted by Gasteiger charge is -2.20. The maximum atomic E-state index is 11.7. The SMILES string of the molecule is COc1cc(S)c(NC(=O)OC(C)(C)C)cc1OC. The van der Waals surface area contributed by atoms with Crippen molar-refractivity contribution in [1.29, 1.82) is 0 Å². The van der Waals surface area contributed by atoms with E-state index in [1.54, 1.807) is 32.9 Å². The molecule has 0 fully saturated rings. The highest BCUT2D eigenvalue weighted by molar-refractivity contribution is 7.80. The van der Waals surface area contributed by atoms with E-state index in [-0.39, 0.29) is 0 Å². The van der Waals surface area contributed by atoms with Crippen molar-refractivity contribution >= 4 is 24.4 Å². The van der Waals surface area contributed by atoms with Crippen molar-refractivity contribution in [3.63, 3.8) is 0 Å². The predicted molar refractivity (Wildman–Crippen MR) is 76.7 cm³/mol. The fourth-order valence-corrected chi connectivity index (χ4v) is 1.62. The van der Waals surface area contributed by atoms with Gasteiger partial charge in [-0.05, 0) is 26.8 Å². The summed E-state index contributed by atoms with van der Waals surface area (Å²) in [6.07, 6.45) is -0.546. The predicted octanol–water partition coefficient (Wildman–Crippen LogP) is 3.34. The van der Waals surface area contributed by atoms with Crippen molar-refractivity contribution < 1.29 is 19.0 Å². The van der Waals surface area contributed by atoms with Crippen molar-refractivity contribution in [2.75, 3.05) is 19.5 Å². The summed E-state index contributed by atoms with van der Waals surface area (Å²) in [5.74, 6) is 1.05. The molecule has 0 spiro atoms. The lowest BCUT2D eigenvalue weighted by Crippen LogP contribution is -2.27. The summed E-state index contributed by atoms with van der Waals surface area (Å²) in [6, 6.07) is 3.29. The van der Waals surface area contributed by atoms with Gasteiger partial charge in [0, 0.05) is 11.0 Å². The molecule has 0 saturated heterocycles. The number of methoxy groups -OCH3 is 2. The smallest absolute Gasteiger partial charge is 0.412 e. The molecule has 19 heavy (non-hydrogen) atoms. The molecule has 106 valence electrons. The molecule has 0 aliphatic rings. The second kappa shape index (κ2) is 6.06. The van der Waals surface area contributed by atoms with Gasteiger partial charge < -0.3 is 14.2 Å². The fraction of sp³-hybridized carbons (Fsp3) is 0.462. The minimum absolute atomic E-state index is 0.496. The van der Waals surface area contributed by atoms with Crippen LogP contribution in [0.5, 0.6) is 11.5 Å². The Balaban J connectivity index is 2.93. The zero-order valence-electron chi connectivity index (χ0n) is 11.7. The molecular weight excluding hydrogens is 266 g/mol. The molecule has 0 unspecified atom stereocenters. The number of hydrogen-bond acceptors (Lipinski definition) is 5. The van der Waals surface area contributed by atoms with E-state index >= 15 is 0 Å². The lowest BCUT2D eigenvalue weighted by atomic mass is 10.2. The molecule has 0 aliphatic heterocycles. The Morgan fingerprint density at radius 1 is 1.16 bits per heavy atom. The van der Waals surface area contributed by atoms with Crippen LogP contribution in [-0.2, 0) is 4.74 Å². The summed E-state index contributed by atoms with van der Waals surface area (Å²) in [4.78, 5) is 12.3. The molecule has 0 bridgehead atoms. The highest BCUT2D eigenvalue weighted by Crippen LogP contribution is 2.35. The molecular formula is C13H19NO4S. The number of benzene rings is 1. The van der Waals surface area contributed by atoms with Crippen molar-refractivity contribution in [2.24, 2.45) is 0 Å². The number of anilines is 1. The Morgan fingerprint density at radius 2 is 1.68 bits per heavy atom. The number of ether oxygens (including phenoxy) is 3. The van der Waals surface area contributed by atoms with Gasteiger partial charge in [-0.2, -0.15) is 0 Å². The average Bonchev–Trinajstić information content (AvgIpc) is 2.28. The van der Waals surface area contributed by atoms with Crippen LogP contribution in [0.1, 0.15) is 20.8 Å². The van der Waals surface area contributed by atoms with E-state index < -0.39 is 11.7 Å². The van der Waals surface area contributed by atoms with Gasteiger partial charge in [0.1, 0.15) is 5.60 Å². The van der Waals surface area contributed by atoms with Crippen molar-refractivity contribution in [1.82, 2.24) is 0 Å². The van der Waals surface area contributed by atoms with Gasteiger partial charge in [0.2, 0.25) is 0 Å². The second-order valence-electron chi connectivity index (χ2n) is 4.85. The van der Waals surface area contributed by atoms with Crippen LogP contribution in [0.2, 0.25) is 0 Å². The quantitative estimate of drug-likeness (QED) is 0.836. The Bertz CT molecular complexity index is 468. The third-order valence-corrected chi connectivity index (χ3v) is 2.51. The van der Waals surface area contributed by atoms with Gasteiger partial charge in [-0.15, -0.1) is 12.6 Å². The molecule has 0 saturated carbocycles. The maximum Gasteiger partial charge on any atom is 0.412 e. The van der Waals surface area contributed by atoms with Gasteiger partial charge in [0.05, 0.1) is 19.9 Å². The van der Waals surface area contributed by atoms with Crippen LogP contribution < -0.4 is 14.8 Å². The van der Waals surface area contributed by atoms with Crippen molar-refractivity contribution in [2.45, 2.75) is 31.3 Å². The zero-order chi connectivity index (χ0) is 14.6. The molecule has 1 amide bonds. The van der Waals surface area contributed by atoms with Crippen LogP contribution in [0.3, 0.4) is 0 Å². The van der Waals surface area contributed by atoms with E-state index in [0.29, 0.717) is 22.1 Å². The first-order valence-corrected chi connectivity index (χ1v) is 6.16. The summed E-state index contributed by atoms with van der Waals surface area (Å²) in [6.45, 7) is 5.38. The van der Waals surface area contributed by atoms with E-state index in [2.05, 4.69) is 17.9 Å². The molecule has 0 atom stereocenters. The minimum atomic E-state index is -0.558. The zero-order valence-corrected chi connectivity index (χ0v) is 12.6. The summed E-state index contributed by atoms with van der Waals surface area (Å²) < 4.78 is 15.5. The summed E-state index contributed by atoms with van der Waals surface area (Å²) in [7, 11) is 3.05. The number of nitrogens with one attached hydrogen (secondary N) is 1. The number of amides is 1. The number of carbonyl (C=O) groups excluding carboxylic acids is 1. The van der Waals surface area contributed by atoms with E-state index in [9.17, 15) is 4.79 Å². The lowest BCUT2D eigenvalue weighted by molar-refractivity contribution is 0.0635. The van der Waals surface area contributed by atoms with Gasteiger partial charge >= 0.3 is 6.09 Å². The number of carbonyl (C=O) groups is 1. The van der Waals surface area contributed by atoms with Crippen molar-refractivity contribution in [3.05, 3.63) is 12.1 Å². The molecule has 0 aromatic heterocycles. The molecule has 5 nitrogen and oxygen atoms in total. The fourth-order valence-electron chi connectivity index (χ4n) is 1.38. The highest BCUT2D eigenvalue weighted by atomic mass is 32.1. The van der Waals surface area contributed by atoms with E-state index in [1.165, 1.54) is 14.2 Å². The van der Waals surface area contributed by atoms with Crippen LogP contribution in [-0.4, -0.2) is 25.9 Å². The van der Waals surface area contributed by atoms with Gasteiger partial charge in [-0.3, -0.25) is 5.32 Å². The first-order chi connectivity index (χ1) is 8.76. The van der Waals surface area contributed by atoms with Crippen LogP contribution in [0, 0.1) is 0 Å².